The summed E-state index contributed by atoms with van der Waals surface area (Å²) in [4.78, 5) is 12.0. The third-order valence-electron chi connectivity index (χ3n) is 6.09. The van der Waals surface area contributed by atoms with Gasteiger partial charge in [0.2, 0.25) is 0 Å². The quantitative estimate of drug-likeness (QED) is 0.351. The van der Waals surface area contributed by atoms with Crippen LogP contribution in [-0.4, -0.2) is 47.1 Å². The van der Waals surface area contributed by atoms with Crippen molar-refractivity contribution in [2.75, 3.05) is 11.4 Å². The van der Waals surface area contributed by atoms with Gasteiger partial charge in [0.15, 0.2) is 9.84 Å². The average Bonchev–Trinajstić information content (AvgIpc) is 3.42. The summed E-state index contributed by atoms with van der Waals surface area (Å²) in [5.74, 6) is -2.76. The lowest BCUT2D eigenvalue weighted by Crippen LogP contribution is -2.37. The molecule has 2 heterocycles. The summed E-state index contributed by atoms with van der Waals surface area (Å²) in [5, 5.41) is 12.3. The summed E-state index contributed by atoms with van der Waals surface area (Å²) in [6.07, 6.45) is -10.4. The highest BCUT2D eigenvalue weighted by molar-refractivity contribution is 7.92. The second-order valence-electron chi connectivity index (χ2n) is 8.65. The van der Waals surface area contributed by atoms with Gasteiger partial charge in [-0.05, 0) is 55.8 Å². The van der Waals surface area contributed by atoms with Crippen molar-refractivity contribution in [2.45, 2.75) is 41.9 Å². The molecule has 1 aliphatic rings. The minimum absolute atomic E-state index is 0.0162. The van der Waals surface area contributed by atoms with E-state index >= 15 is 0 Å². The molecule has 0 radical (unpaired) electrons. The van der Waals surface area contributed by atoms with Gasteiger partial charge < -0.3 is 10.0 Å². The number of anilines is 1. The maximum Gasteiger partial charge on any atom is 0.417 e. The Hall–Kier alpha value is -3.62. The summed E-state index contributed by atoms with van der Waals surface area (Å²) in [7, 11) is -4.82. The van der Waals surface area contributed by atoms with E-state index in [4.69, 9.17) is 0 Å². The molecule has 2 aromatic carbocycles. The van der Waals surface area contributed by atoms with Crippen LogP contribution in [0, 0.1) is 12.7 Å². The predicted octanol–water partition coefficient (Wildman–Crippen LogP) is 4.86. The summed E-state index contributed by atoms with van der Waals surface area (Å²) < 4.78 is 121. The van der Waals surface area contributed by atoms with Gasteiger partial charge in [-0.25, -0.2) is 22.3 Å². The van der Waals surface area contributed by atoms with Gasteiger partial charge in [0.1, 0.15) is 17.7 Å². The van der Waals surface area contributed by atoms with Crippen molar-refractivity contribution in [3.8, 4) is 5.69 Å². The first-order valence-electron chi connectivity index (χ1n) is 10.8. The number of aryl methyl sites for hydroxylation is 1. The van der Waals surface area contributed by atoms with Crippen LogP contribution in [0.4, 0.5) is 36.6 Å². The zero-order valence-electron chi connectivity index (χ0n) is 19.3. The molecule has 0 aliphatic carbocycles. The Morgan fingerprint density at radius 1 is 1.00 bits per heavy atom. The number of sulfone groups is 1. The smallest absolute Gasteiger partial charge is 0.417 e. The van der Waals surface area contributed by atoms with E-state index in [2.05, 4.69) is 5.10 Å². The molecule has 0 unspecified atom stereocenters. The molecular formula is C23H18F7N3O4S. The molecule has 3 aromatic rings. The van der Waals surface area contributed by atoms with Crippen LogP contribution < -0.4 is 4.90 Å². The summed E-state index contributed by atoms with van der Waals surface area (Å²) in [5.41, 5.74) is -2.24. The van der Waals surface area contributed by atoms with Gasteiger partial charge >= 0.3 is 18.3 Å². The van der Waals surface area contributed by atoms with Crippen LogP contribution in [0.25, 0.3) is 5.69 Å². The zero-order valence-corrected chi connectivity index (χ0v) is 20.1. The van der Waals surface area contributed by atoms with Gasteiger partial charge in [0.05, 0.1) is 32.7 Å². The molecule has 1 aliphatic heterocycles. The summed E-state index contributed by atoms with van der Waals surface area (Å²) >= 11 is 0. The van der Waals surface area contributed by atoms with Crippen LogP contribution in [0.2, 0.25) is 0 Å². The number of benzene rings is 2. The third-order valence-corrected chi connectivity index (χ3v) is 8.27. The van der Waals surface area contributed by atoms with Crippen LogP contribution >= 0.6 is 0 Å². The zero-order chi connectivity index (χ0) is 28.2. The Kier molecular flexibility index (Phi) is 6.70. The number of alkyl halides is 6. The monoisotopic (exact) mass is 565 g/mol. The molecule has 7 nitrogen and oxygen atoms in total. The minimum Gasteiger partial charge on any atom is -0.480 e. The predicted molar refractivity (Wildman–Crippen MR) is 119 cm³/mol. The standard InChI is InChI=1S/C23H18F7N3O4S/c1-12-8-20(33(31-12)15-5-2-13(3-6-15)22(25,26)27)32-11-16(10-18(32)21(34)35)38(36,37)19-7-4-14(24)9-17(19)23(28,29)30/h2-9,16,18H,10-11H2,1H3,(H,34,35)/t16-,18+/m1/s1. The van der Waals surface area contributed by atoms with Crippen molar-refractivity contribution >= 4 is 21.6 Å². The van der Waals surface area contributed by atoms with Crippen molar-refractivity contribution in [3.05, 3.63) is 71.2 Å². The molecule has 0 spiro atoms. The SMILES string of the molecule is Cc1cc(N2C[C@H](S(=O)(=O)c3ccc(F)cc3C(F)(F)F)C[C@H]2C(=O)O)n(-c2ccc(C(F)(F)F)cc2)n1. The fourth-order valence-corrected chi connectivity index (χ4v) is 6.22. The van der Waals surface area contributed by atoms with Crippen molar-refractivity contribution < 1.29 is 49.1 Å². The highest BCUT2D eigenvalue weighted by atomic mass is 32.2. The van der Waals surface area contributed by atoms with Crippen LogP contribution in [0.1, 0.15) is 23.2 Å². The van der Waals surface area contributed by atoms with Crippen molar-refractivity contribution in [2.24, 2.45) is 0 Å². The topological polar surface area (TPSA) is 92.5 Å². The van der Waals surface area contributed by atoms with Crippen LogP contribution in [-0.2, 0) is 27.0 Å². The molecular weight excluding hydrogens is 547 g/mol. The number of hydrogen-bond donors (Lipinski definition) is 1. The van der Waals surface area contributed by atoms with Gasteiger partial charge in [-0.1, -0.05) is 0 Å². The molecule has 15 heteroatoms. The number of carboxylic acids is 1. The summed E-state index contributed by atoms with van der Waals surface area (Å²) in [6, 6.07) is 4.72. The third kappa shape index (κ3) is 5.06. The van der Waals surface area contributed by atoms with Gasteiger partial charge in [-0.3, -0.25) is 0 Å². The van der Waals surface area contributed by atoms with E-state index in [1.54, 1.807) is 0 Å². The van der Waals surface area contributed by atoms with E-state index in [-0.39, 0.29) is 17.6 Å². The van der Waals surface area contributed by atoms with E-state index in [9.17, 15) is 49.1 Å². The molecule has 1 N–H and O–H groups in total. The lowest BCUT2D eigenvalue weighted by atomic mass is 10.2. The molecule has 0 bridgehead atoms. The maximum atomic E-state index is 13.5. The molecule has 1 saturated heterocycles. The van der Waals surface area contributed by atoms with Crippen LogP contribution in [0.5, 0.6) is 0 Å². The molecule has 1 aromatic heterocycles. The largest absolute Gasteiger partial charge is 0.480 e. The number of carbonyl (C=O) groups is 1. The van der Waals surface area contributed by atoms with Gasteiger partial charge in [-0.2, -0.15) is 31.4 Å². The average molecular weight is 565 g/mol. The van der Waals surface area contributed by atoms with E-state index < -0.39 is 74.3 Å². The second kappa shape index (κ2) is 9.29. The van der Waals surface area contributed by atoms with Crippen LogP contribution in [0.3, 0.4) is 0 Å². The Labute approximate surface area is 211 Å². The van der Waals surface area contributed by atoms with E-state index in [0.717, 1.165) is 33.8 Å². The lowest BCUT2D eigenvalue weighted by Gasteiger charge is -2.24. The van der Waals surface area contributed by atoms with E-state index in [0.29, 0.717) is 17.8 Å². The minimum atomic E-state index is -5.20. The number of nitrogens with zero attached hydrogens (tertiary/aromatic N) is 3. The summed E-state index contributed by atoms with van der Waals surface area (Å²) in [6.45, 7) is 0.942. The first-order valence-corrected chi connectivity index (χ1v) is 12.4. The molecule has 4 rings (SSSR count). The fourth-order valence-electron chi connectivity index (χ4n) is 4.33. The molecule has 204 valence electrons. The highest BCUT2D eigenvalue weighted by Gasteiger charge is 2.47. The number of hydrogen-bond acceptors (Lipinski definition) is 5. The Morgan fingerprint density at radius 3 is 2.18 bits per heavy atom. The first kappa shape index (κ1) is 27.4. The van der Waals surface area contributed by atoms with Gasteiger partial charge in [-0.15, -0.1) is 0 Å². The number of halogens is 7. The molecule has 0 saturated carbocycles. The van der Waals surface area contributed by atoms with Crippen molar-refractivity contribution in [1.82, 2.24) is 9.78 Å². The highest BCUT2D eigenvalue weighted by Crippen LogP contribution is 2.39. The molecule has 2 atom stereocenters. The molecule has 38 heavy (non-hydrogen) atoms. The number of aliphatic carboxylic acids is 1. The lowest BCUT2D eigenvalue weighted by molar-refractivity contribution is -0.140. The van der Waals surface area contributed by atoms with Crippen molar-refractivity contribution in [1.29, 1.82) is 0 Å². The van der Waals surface area contributed by atoms with Gasteiger partial charge in [0.25, 0.3) is 0 Å². The van der Waals surface area contributed by atoms with Crippen molar-refractivity contribution in [3.63, 3.8) is 0 Å². The van der Waals surface area contributed by atoms with Gasteiger partial charge in [0, 0.05) is 12.6 Å². The normalized spacial score (nSPS) is 18.7. The Morgan fingerprint density at radius 2 is 1.63 bits per heavy atom. The maximum absolute atomic E-state index is 13.5. The molecule has 0 amide bonds. The number of carboxylic acid groups (broad SMARTS) is 1. The van der Waals surface area contributed by atoms with Crippen LogP contribution in [0.15, 0.2) is 53.4 Å². The first-order chi connectivity index (χ1) is 17.5. The Bertz CT molecular complexity index is 1480. The van der Waals surface area contributed by atoms with E-state index in [1.165, 1.54) is 13.0 Å². The Balaban J connectivity index is 1.76. The second-order valence-corrected chi connectivity index (χ2v) is 10.8. The number of aromatic nitrogens is 2. The van der Waals surface area contributed by atoms with E-state index in [1.807, 2.05) is 0 Å². The fraction of sp³-hybridized carbons (Fsp3) is 0.304. The molecule has 1 fully saturated rings. The number of rotatable bonds is 5.